The van der Waals surface area contributed by atoms with E-state index in [2.05, 4.69) is 27.2 Å². The maximum atomic E-state index is 5.14. The minimum Gasteiger partial charge on any atom is -0.383 e. The van der Waals surface area contributed by atoms with Crippen LogP contribution in [0.4, 0.5) is 0 Å². The van der Waals surface area contributed by atoms with E-state index in [1.807, 2.05) is 5.51 Å². The first-order valence-corrected chi connectivity index (χ1v) is 7.99. The van der Waals surface area contributed by atoms with Gasteiger partial charge in [0.25, 0.3) is 0 Å². The lowest BCUT2D eigenvalue weighted by Crippen LogP contribution is -2.39. The van der Waals surface area contributed by atoms with Crippen molar-refractivity contribution in [2.75, 3.05) is 46.9 Å². The van der Waals surface area contributed by atoms with Crippen molar-refractivity contribution in [2.45, 2.75) is 19.4 Å². The van der Waals surface area contributed by atoms with Crippen LogP contribution in [0.25, 0.3) is 0 Å². The maximum Gasteiger partial charge on any atom is 0.0795 e. The Bertz CT molecular complexity index is 336. The molecule has 5 heteroatoms. The molecule has 0 radical (unpaired) electrons. The summed E-state index contributed by atoms with van der Waals surface area (Å²) in [4.78, 5) is 9.27. The quantitative estimate of drug-likeness (QED) is 0.764. The number of hydrogen-bond acceptors (Lipinski definition) is 5. The zero-order valence-corrected chi connectivity index (χ0v) is 12.9. The monoisotopic (exact) mass is 283 g/mol. The summed E-state index contributed by atoms with van der Waals surface area (Å²) >= 11 is 1.68. The molecule has 0 spiro atoms. The molecule has 2 rings (SSSR count). The van der Waals surface area contributed by atoms with Crippen LogP contribution in [0.3, 0.4) is 0 Å². The highest BCUT2D eigenvalue weighted by atomic mass is 32.1. The van der Waals surface area contributed by atoms with Crippen LogP contribution >= 0.6 is 11.3 Å². The van der Waals surface area contributed by atoms with Gasteiger partial charge in [0.15, 0.2) is 0 Å². The number of hydrogen-bond donors (Lipinski definition) is 0. The SMILES string of the molecule is COCCN1CCC(CN(C)Cc2cscn2)CC1. The third-order valence-corrected chi connectivity index (χ3v) is 4.44. The van der Waals surface area contributed by atoms with E-state index in [4.69, 9.17) is 4.74 Å². The van der Waals surface area contributed by atoms with Crippen molar-refractivity contribution in [1.29, 1.82) is 0 Å². The summed E-state index contributed by atoms with van der Waals surface area (Å²) in [7, 11) is 3.98. The molecule has 1 aliphatic rings. The van der Waals surface area contributed by atoms with Crippen molar-refractivity contribution < 1.29 is 4.74 Å². The molecule has 0 amide bonds. The number of thiazole rings is 1. The van der Waals surface area contributed by atoms with Gasteiger partial charge in [-0.3, -0.25) is 0 Å². The molecular formula is C14H25N3OS. The Kier molecular flexibility index (Phi) is 6.23. The Morgan fingerprint density at radius 2 is 2.26 bits per heavy atom. The molecular weight excluding hydrogens is 258 g/mol. The first-order valence-electron chi connectivity index (χ1n) is 7.05. The number of rotatable bonds is 7. The van der Waals surface area contributed by atoms with Crippen LogP contribution in [0.5, 0.6) is 0 Å². The highest BCUT2D eigenvalue weighted by Gasteiger charge is 2.20. The summed E-state index contributed by atoms with van der Waals surface area (Å²) in [6.07, 6.45) is 2.62. The Balaban J connectivity index is 1.64. The van der Waals surface area contributed by atoms with E-state index in [1.165, 1.54) is 38.2 Å². The number of nitrogens with zero attached hydrogens (tertiary/aromatic N) is 3. The largest absolute Gasteiger partial charge is 0.383 e. The smallest absolute Gasteiger partial charge is 0.0795 e. The van der Waals surface area contributed by atoms with Crippen molar-refractivity contribution in [3.05, 3.63) is 16.6 Å². The van der Waals surface area contributed by atoms with Crippen molar-refractivity contribution in [2.24, 2.45) is 5.92 Å². The van der Waals surface area contributed by atoms with Crippen LogP contribution < -0.4 is 0 Å². The average molecular weight is 283 g/mol. The standard InChI is InChI=1S/C14H25N3OS/c1-16(10-14-11-19-12-15-14)9-13-3-5-17(6-4-13)7-8-18-2/h11-13H,3-10H2,1-2H3. The fraction of sp³-hybridized carbons (Fsp3) is 0.786. The van der Waals surface area contributed by atoms with E-state index in [1.54, 1.807) is 18.4 Å². The fourth-order valence-electron chi connectivity index (χ4n) is 2.71. The molecule has 1 aromatic heterocycles. The van der Waals surface area contributed by atoms with Crippen molar-refractivity contribution in [3.8, 4) is 0 Å². The minimum atomic E-state index is 0.836. The molecule has 1 aromatic rings. The molecule has 4 nitrogen and oxygen atoms in total. The van der Waals surface area contributed by atoms with E-state index >= 15 is 0 Å². The van der Waals surface area contributed by atoms with Gasteiger partial charge in [0.05, 0.1) is 17.8 Å². The second-order valence-corrected chi connectivity index (χ2v) is 6.17. The highest BCUT2D eigenvalue weighted by Crippen LogP contribution is 2.18. The first kappa shape index (κ1) is 14.9. The number of likely N-dealkylation sites (tertiary alicyclic amines) is 1. The second-order valence-electron chi connectivity index (χ2n) is 5.45. The molecule has 0 aromatic carbocycles. The Labute approximate surface area is 120 Å². The van der Waals surface area contributed by atoms with Crippen LogP contribution in [0.2, 0.25) is 0 Å². The summed E-state index contributed by atoms with van der Waals surface area (Å²) in [6.45, 7) is 6.55. The average Bonchev–Trinajstić information content (AvgIpc) is 2.90. The van der Waals surface area contributed by atoms with Gasteiger partial charge in [-0.15, -0.1) is 11.3 Å². The van der Waals surface area contributed by atoms with E-state index in [-0.39, 0.29) is 0 Å². The summed E-state index contributed by atoms with van der Waals surface area (Å²) in [5.41, 5.74) is 3.11. The van der Waals surface area contributed by atoms with Gasteiger partial charge in [-0.25, -0.2) is 4.98 Å². The van der Waals surface area contributed by atoms with Crippen LogP contribution in [0.15, 0.2) is 10.9 Å². The fourth-order valence-corrected chi connectivity index (χ4v) is 3.26. The van der Waals surface area contributed by atoms with Gasteiger partial charge >= 0.3 is 0 Å². The van der Waals surface area contributed by atoms with Gasteiger partial charge in [0, 0.05) is 32.1 Å². The zero-order valence-electron chi connectivity index (χ0n) is 12.0. The van der Waals surface area contributed by atoms with Crippen LogP contribution in [-0.2, 0) is 11.3 Å². The molecule has 0 aliphatic carbocycles. The second kappa shape index (κ2) is 7.94. The number of aromatic nitrogens is 1. The lowest BCUT2D eigenvalue weighted by atomic mass is 9.96. The Morgan fingerprint density at radius 3 is 2.89 bits per heavy atom. The molecule has 0 unspecified atom stereocenters. The number of piperidine rings is 1. The molecule has 0 bridgehead atoms. The summed E-state index contributed by atoms with van der Waals surface area (Å²) in [6, 6.07) is 0. The Morgan fingerprint density at radius 1 is 1.47 bits per heavy atom. The number of ether oxygens (including phenoxy) is 1. The normalized spacial score (nSPS) is 18.3. The van der Waals surface area contributed by atoms with Gasteiger partial charge in [0.2, 0.25) is 0 Å². The minimum absolute atomic E-state index is 0.836. The lowest BCUT2D eigenvalue weighted by Gasteiger charge is -2.33. The van der Waals surface area contributed by atoms with Gasteiger partial charge in [-0.1, -0.05) is 0 Å². The van der Waals surface area contributed by atoms with Gasteiger partial charge in [-0.2, -0.15) is 0 Å². The molecule has 1 saturated heterocycles. The Hall–Kier alpha value is -0.490. The third kappa shape index (κ3) is 5.18. The lowest BCUT2D eigenvalue weighted by molar-refractivity contribution is 0.109. The predicted octanol–water partition coefficient (Wildman–Crippen LogP) is 1.93. The molecule has 0 saturated carbocycles. The van der Waals surface area contributed by atoms with E-state index in [0.717, 1.165) is 25.6 Å². The van der Waals surface area contributed by atoms with Crippen LogP contribution in [-0.4, -0.2) is 61.7 Å². The van der Waals surface area contributed by atoms with Gasteiger partial charge < -0.3 is 14.5 Å². The summed E-state index contributed by atoms with van der Waals surface area (Å²) in [5, 5.41) is 2.14. The van der Waals surface area contributed by atoms with Gasteiger partial charge in [0.1, 0.15) is 0 Å². The molecule has 108 valence electrons. The van der Waals surface area contributed by atoms with E-state index in [0.29, 0.717) is 0 Å². The summed E-state index contributed by atoms with van der Waals surface area (Å²) < 4.78 is 5.14. The maximum absolute atomic E-state index is 5.14. The molecule has 1 aliphatic heterocycles. The topological polar surface area (TPSA) is 28.6 Å². The molecule has 2 heterocycles. The van der Waals surface area contributed by atoms with Gasteiger partial charge in [-0.05, 0) is 38.9 Å². The zero-order chi connectivity index (χ0) is 13.5. The third-order valence-electron chi connectivity index (χ3n) is 3.80. The molecule has 0 atom stereocenters. The van der Waals surface area contributed by atoms with E-state index in [9.17, 15) is 0 Å². The highest BCUT2D eigenvalue weighted by molar-refractivity contribution is 7.07. The van der Waals surface area contributed by atoms with Crippen LogP contribution in [0, 0.1) is 5.92 Å². The van der Waals surface area contributed by atoms with Crippen molar-refractivity contribution >= 4 is 11.3 Å². The molecule has 0 N–H and O–H groups in total. The predicted molar refractivity (Wildman–Crippen MR) is 79.5 cm³/mol. The molecule has 1 fully saturated rings. The first-order chi connectivity index (χ1) is 9.28. The van der Waals surface area contributed by atoms with Crippen molar-refractivity contribution in [3.63, 3.8) is 0 Å². The van der Waals surface area contributed by atoms with E-state index < -0.39 is 0 Å². The molecule has 19 heavy (non-hydrogen) atoms. The van der Waals surface area contributed by atoms with Crippen molar-refractivity contribution in [1.82, 2.24) is 14.8 Å². The number of methoxy groups -OCH3 is 1. The summed E-state index contributed by atoms with van der Waals surface area (Å²) in [5.74, 6) is 0.836. The van der Waals surface area contributed by atoms with Crippen LogP contribution in [0.1, 0.15) is 18.5 Å².